The third-order valence-corrected chi connectivity index (χ3v) is 4.27. The first-order valence-electron chi connectivity index (χ1n) is 5.87. The van der Waals surface area contributed by atoms with E-state index in [-0.39, 0.29) is 5.56 Å². The van der Waals surface area contributed by atoms with Gasteiger partial charge in [-0.1, -0.05) is 6.07 Å². The Labute approximate surface area is 104 Å². The van der Waals surface area contributed by atoms with Gasteiger partial charge in [0, 0.05) is 11.6 Å². The van der Waals surface area contributed by atoms with Crippen LogP contribution < -0.4 is 0 Å². The number of benzene rings is 1. The molecular formula is C13H16F2OS. The van der Waals surface area contributed by atoms with Gasteiger partial charge in [-0.05, 0) is 42.8 Å². The standard InChI is InChI=1S/C13H16F2OS/c14-10-1-2-11(12(15)8-10)13(16)7-9-3-5-17-6-4-9/h1-2,8-9,13,16H,3-7H2. The minimum atomic E-state index is -0.816. The maximum Gasteiger partial charge on any atom is 0.131 e. The number of hydrogen-bond acceptors (Lipinski definition) is 2. The molecule has 0 aliphatic carbocycles. The highest BCUT2D eigenvalue weighted by molar-refractivity contribution is 7.99. The molecule has 0 radical (unpaired) electrons. The normalized spacial score (nSPS) is 19.2. The molecule has 1 aliphatic heterocycles. The molecule has 1 fully saturated rings. The second-order valence-electron chi connectivity index (χ2n) is 4.47. The second kappa shape index (κ2) is 5.83. The van der Waals surface area contributed by atoms with E-state index in [1.54, 1.807) is 0 Å². The van der Waals surface area contributed by atoms with Gasteiger partial charge in [-0.25, -0.2) is 8.78 Å². The van der Waals surface area contributed by atoms with Crippen molar-refractivity contribution < 1.29 is 13.9 Å². The van der Waals surface area contributed by atoms with E-state index in [9.17, 15) is 13.9 Å². The van der Waals surface area contributed by atoms with Crippen LogP contribution in [0.3, 0.4) is 0 Å². The SMILES string of the molecule is OC(CC1CCSCC1)c1ccc(F)cc1F. The summed E-state index contributed by atoms with van der Waals surface area (Å²) >= 11 is 1.92. The Morgan fingerprint density at radius 2 is 2.00 bits per heavy atom. The van der Waals surface area contributed by atoms with Gasteiger partial charge in [0.05, 0.1) is 6.10 Å². The minimum Gasteiger partial charge on any atom is -0.388 e. The van der Waals surface area contributed by atoms with E-state index in [1.807, 2.05) is 11.8 Å². The Hall–Kier alpha value is -0.610. The fourth-order valence-corrected chi connectivity index (χ4v) is 3.40. The molecule has 17 heavy (non-hydrogen) atoms. The molecule has 1 aromatic rings. The highest BCUT2D eigenvalue weighted by atomic mass is 32.2. The van der Waals surface area contributed by atoms with Crippen molar-refractivity contribution in [3.8, 4) is 0 Å². The lowest BCUT2D eigenvalue weighted by Gasteiger charge is -2.24. The first-order chi connectivity index (χ1) is 8.16. The van der Waals surface area contributed by atoms with Crippen molar-refractivity contribution in [1.82, 2.24) is 0 Å². The molecule has 1 aromatic carbocycles. The van der Waals surface area contributed by atoms with E-state index in [4.69, 9.17) is 0 Å². The van der Waals surface area contributed by atoms with Gasteiger partial charge in [0.1, 0.15) is 11.6 Å². The summed E-state index contributed by atoms with van der Waals surface area (Å²) in [5.74, 6) is 1.43. The Morgan fingerprint density at radius 3 is 2.65 bits per heavy atom. The zero-order valence-corrected chi connectivity index (χ0v) is 10.4. The van der Waals surface area contributed by atoms with Crippen LogP contribution in [-0.2, 0) is 0 Å². The molecule has 0 bridgehead atoms. The molecule has 1 nitrogen and oxygen atoms in total. The van der Waals surface area contributed by atoms with Gasteiger partial charge in [-0.3, -0.25) is 0 Å². The van der Waals surface area contributed by atoms with E-state index in [0.717, 1.165) is 30.4 Å². The summed E-state index contributed by atoms with van der Waals surface area (Å²) < 4.78 is 26.2. The van der Waals surface area contributed by atoms with Crippen molar-refractivity contribution in [2.45, 2.75) is 25.4 Å². The molecule has 1 unspecified atom stereocenters. The fraction of sp³-hybridized carbons (Fsp3) is 0.538. The van der Waals surface area contributed by atoms with Crippen LogP contribution in [0.4, 0.5) is 8.78 Å². The molecule has 0 saturated carbocycles. The summed E-state index contributed by atoms with van der Waals surface area (Å²) in [6.07, 6.45) is 1.90. The maximum absolute atomic E-state index is 13.5. The number of aliphatic hydroxyl groups excluding tert-OH is 1. The highest BCUT2D eigenvalue weighted by Gasteiger charge is 2.20. The number of halogens is 2. The first kappa shape index (κ1) is 12.8. The minimum absolute atomic E-state index is 0.213. The lowest BCUT2D eigenvalue weighted by atomic mass is 9.92. The average Bonchev–Trinajstić information content (AvgIpc) is 2.30. The van der Waals surface area contributed by atoms with Crippen molar-refractivity contribution in [3.63, 3.8) is 0 Å². The molecule has 1 atom stereocenters. The summed E-state index contributed by atoms with van der Waals surface area (Å²) in [5.41, 5.74) is 0.213. The van der Waals surface area contributed by atoms with Crippen LogP contribution in [0.15, 0.2) is 18.2 Å². The highest BCUT2D eigenvalue weighted by Crippen LogP contribution is 2.31. The van der Waals surface area contributed by atoms with Gasteiger partial charge >= 0.3 is 0 Å². The Kier molecular flexibility index (Phi) is 4.40. The van der Waals surface area contributed by atoms with E-state index in [0.29, 0.717) is 12.3 Å². The fourth-order valence-electron chi connectivity index (χ4n) is 2.20. The molecule has 94 valence electrons. The van der Waals surface area contributed by atoms with Crippen LogP contribution in [0.25, 0.3) is 0 Å². The van der Waals surface area contributed by atoms with Gasteiger partial charge in [0.25, 0.3) is 0 Å². The number of thioether (sulfide) groups is 1. The molecule has 0 amide bonds. The zero-order valence-electron chi connectivity index (χ0n) is 9.53. The van der Waals surface area contributed by atoms with Crippen LogP contribution in [0.1, 0.15) is 30.9 Å². The van der Waals surface area contributed by atoms with Crippen molar-refractivity contribution in [2.75, 3.05) is 11.5 Å². The average molecular weight is 258 g/mol. The summed E-state index contributed by atoms with van der Waals surface area (Å²) in [6, 6.07) is 3.36. The summed E-state index contributed by atoms with van der Waals surface area (Å²) in [5, 5.41) is 9.98. The van der Waals surface area contributed by atoms with E-state index >= 15 is 0 Å². The molecular weight excluding hydrogens is 242 g/mol. The predicted octanol–water partition coefficient (Wildman–Crippen LogP) is 3.53. The largest absolute Gasteiger partial charge is 0.388 e. The van der Waals surface area contributed by atoms with Crippen molar-refractivity contribution in [1.29, 1.82) is 0 Å². The number of hydrogen-bond donors (Lipinski definition) is 1. The first-order valence-corrected chi connectivity index (χ1v) is 7.03. The van der Waals surface area contributed by atoms with Gasteiger partial charge in [0.2, 0.25) is 0 Å². The summed E-state index contributed by atoms with van der Waals surface area (Å²) in [6.45, 7) is 0. The lowest BCUT2D eigenvalue weighted by Crippen LogP contribution is -2.14. The lowest BCUT2D eigenvalue weighted by molar-refractivity contribution is 0.137. The third kappa shape index (κ3) is 3.42. The second-order valence-corrected chi connectivity index (χ2v) is 5.70. The number of rotatable bonds is 3. The monoisotopic (exact) mass is 258 g/mol. The third-order valence-electron chi connectivity index (χ3n) is 3.22. The Bertz CT molecular complexity index is 378. The van der Waals surface area contributed by atoms with Gasteiger partial charge in [0.15, 0.2) is 0 Å². The smallest absolute Gasteiger partial charge is 0.131 e. The Balaban J connectivity index is 2.00. The van der Waals surface area contributed by atoms with Crippen LogP contribution in [0.2, 0.25) is 0 Å². The van der Waals surface area contributed by atoms with E-state index < -0.39 is 17.7 Å². The van der Waals surface area contributed by atoms with E-state index in [1.165, 1.54) is 12.1 Å². The molecule has 1 heterocycles. The molecule has 1 saturated heterocycles. The quantitative estimate of drug-likeness (QED) is 0.895. The van der Waals surface area contributed by atoms with Crippen LogP contribution in [0, 0.1) is 17.6 Å². The topological polar surface area (TPSA) is 20.2 Å². The predicted molar refractivity (Wildman–Crippen MR) is 66.0 cm³/mol. The maximum atomic E-state index is 13.5. The zero-order chi connectivity index (χ0) is 12.3. The summed E-state index contributed by atoms with van der Waals surface area (Å²) in [7, 11) is 0. The van der Waals surface area contributed by atoms with Crippen molar-refractivity contribution in [2.24, 2.45) is 5.92 Å². The summed E-state index contributed by atoms with van der Waals surface area (Å²) in [4.78, 5) is 0. The van der Waals surface area contributed by atoms with Crippen molar-refractivity contribution >= 4 is 11.8 Å². The Morgan fingerprint density at radius 1 is 1.29 bits per heavy atom. The van der Waals surface area contributed by atoms with Crippen LogP contribution in [-0.4, -0.2) is 16.6 Å². The van der Waals surface area contributed by atoms with Gasteiger partial charge in [-0.2, -0.15) is 11.8 Å². The van der Waals surface area contributed by atoms with Crippen LogP contribution in [0.5, 0.6) is 0 Å². The molecule has 0 aromatic heterocycles. The molecule has 2 rings (SSSR count). The molecule has 4 heteroatoms. The van der Waals surface area contributed by atoms with Gasteiger partial charge < -0.3 is 5.11 Å². The van der Waals surface area contributed by atoms with Crippen LogP contribution >= 0.6 is 11.8 Å². The number of aliphatic hydroxyl groups is 1. The molecule has 1 N–H and O–H groups in total. The molecule has 1 aliphatic rings. The molecule has 0 spiro atoms. The van der Waals surface area contributed by atoms with E-state index in [2.05, 4.69) is 0 Å². The van der Waals surface area contributed by atoms with Gasteiger partial charge in [-0.15, -0.1) is 0 Å². The van der Waals surface area contributed by atoms with Crippen molar-refractivity contribution in [3.05, 3.63) is 35.4 Å².